The molecule has 1 aliphatic heterocycles. The second-order valence-corrected chi connectivity index (χ2v) is 7.78. The summed E-state index contributed by atoms with van der Waals surface area (Å²) in [6.07, 6.45) is 6.67. The van der Waals surface area contributed by atoms with Crippen LogP contribution in [0.2, 0.25) is 0 Å². The number of carbonyl (C=O) groups is 1. The largest absolute Gasteiger partial charge is 0.348 e. The molecule has 142 valence electrons. The van der Waals surface area contributed by atoms with Crippen LogP contribution in [0.15, 0.2) is 0 Å². The first-order valence-electron chi connectivity index (χ1n) is 9.49. The van der Waals surface area contributed by atoms with Gasteiger partial charge in [0.2, 0.25) is 0 Å². The van der Waals surface area contributed by atoms with Gasteiger partial charge in [0.15, 0.2) is 5.69 Å². The Kier molecular flexibility index (Phi) is 7.25. The lowest BCUT2D eigenvalue weighted by molar-refractivity contribution is 0.0912. The van der Waals surface area contributed by atoms with E-state index in [1.807, 2.05) is 11.6 Å². The molecule has 3 rings (SSSR count). The Morgan fingerprint density at radius 2 is 1.80 bits per heavy atom. The van der Waals surface area contributed by atoms with Crippen LogP contribution in [0.4, 0.5) is 0 Å². The van der Waals surface area contributed by atoms with Crippen LogP contribution in [0.3, 0.4) is 0 Å². The number of hydrogen-bond acceptors (Lipinski definition) is 4. The van der Waals surface area contributed by atoms with Crippen LogP contribution in [-0.2, 0) is 0 Å². The molecule has 2 heterocycles. The lowest BCUT2D eigenvalue weighted by atomic mass is 9.80. The molecule has 1 saturated carbocycles. The van der Waals surface area contributed by atoms with Crippen LogP contribution >= 0.6 is 12.4 Å². The Balaban J connectivity index is 0.00000225. The first-order chi connectivity index (χ1) is 11.6. The Bertz CT molecular complexity index is 560. The third kappa shape index (κ3) is 4.73. The lowest BCUT2D eigenvalue weighted by Gasteiger charge is -2.31. The van der Waals surface area contributed by atoms with Crippen LogP contribution in [0.5, 0.6) is 0 Å². The van der Waals surface area contributed by atoms with Crippen LogP contribution in [0, 0.1) is 18.8 Å². The van der Waals surface area contributed by atoms with Gasteiger partial charge < -0.3 is 10.6 Å². The maximum atomic E-state index is 12.6. The van der Waals surface area contributed by atoms with Gasteiger partial charge in [0, 0.05) is 6.04 Å². The van der Waals surface area contributed by atoms with Gasteiger partial charge in [0.1, 0.15) is 0 Å². The van der Waals surface area contributed by atoms with E-state index in [4.69, 9.17) is 0 Å². The predicted molar refractivity (Wildman–Crippen MR) is 101 cm³/mol. The molecule has 1 aromatic rings. The van der Waals surface area contributed by atoms with Crippen molar-refractivity contribution in [3.8, 4) is 0 Å². The van der Waals surface area contributed by atoms with E-state index in [2.05, 4.69) is 34.8 Å². The maximum absolute atomic E-state index is 12.6. The number of nitrogens with zero attached hydrogens (tertiary/aromatic N) is 3. The van der Waals surface area contributed by atoms with Gasteiger partial charge in [-0.2, -0.15) is 0 Å². The van der Waals surface area contributed by atoms with Crippen molar-refractivity contribution in [1.82, 2.24) is 25.6 Å². The summed E-state index contributed by atoms with van der Waals surface area (Å²) in [7, 11) is 0. The molecule has 7 heteroatoms. The molecule has 0 unspecified atom stereocenters. The molecule has 1 saturated heterocycles. The van der Waals surface area contributed by atoms with Gasteiger partial charge in [0.25, 0.3) is 5.91 Å². The molecule has 2 N–H and O–H groups in total. The minimum Gasteiger partial charge on any atom is -0.348 e. The normalized spacial score (nSPS) is 24.8. The molecule has 25 heavy (non-hydrogen) atoms. The number of hydrogen-bond donors (Lipinski definition) is 2. The van der Waals surface area contributed by atoms with Gasteiger partial charge in [-0.1, -0.05) is 19.1 Å². The number of aromatic nitrogens is 3. The Morgan fingerprint density at radius 1 is 1.16 bits per heavy atom. The summed E-state index contributed by atoms with van der Waals surface area (Å²) in [4.78, 5) is 12.6. The molecule has 6 nitrogen and oxygen atoms in total. The lowest BCUT2D eigenvalue weighted by Crippen LogP contribution is -2.38. The van der Waals surface area contributed by atoms with E-state index in [1.54, 1.807) is 0 Å². The van der Waals surface area contributed by atoms with Crippen molar-refractivity contribution < 1.29 is 4.79 Å². The zero-order chi connectivity index (χ0) is 17.1. The smallest absolute Gasteiger partial charge is 0.273 e. The SMILES string of the molecule is Cc1c(C(=O)NC2CCC(C(C)C)CC2)nnn1C1CCNCC1.Cl. The summed E-state index contributed by atoms with van der Waals surface area (Å²) in [5.74, 6) is 1.50. The molecule has 0 spiro atoms. The Labute approximate surface area is 156 Å². The number of carbonyl (C=O) groups excluding carboxylic acids is 1. The second kappa shape index (κ2) is 8.99. The molecule has 1 aliphatic carbocycles. The third-order valence-corrected chi connectivity index (χ3v) is 5.85. The fraction of sp³-hybridized carbons (Fsp3) is 0.833. The van der Waals surface area contributed by atoms with Crippen molar-refractivity contribution in [3.05, 3.63) is 11.4 Å². The van der Waals surface area contributed by atoms with Gasteiger partial charge in [-0.3, -0.25) is 4.79 Å². The molecular weight excluding hydrogens is 338 g/mol. The van der Waals surface area contributed by atoms with Crippen molar-refractivity contribution in [1.29, 1.82) is 0 Å². The monoisotopic (exact) mass is 369 g/mol. The summed E-state index contributed by atoms with van der Waals surface area (Å²) in [6.45, 7) is 8.57. The van der Waals surface area contributed by atoms with E-state index >= 15 is 0 Å². The third-order valence-electron chi connectivity index (χ3n) is 5.85. The quantitative estimate of drug-likeness (QED) is 0.856. The molecule has 0 aromatic carbocycles. The first-order valence-corrected chi connectivity index (χ1v) is 9.49. The highest BCUT2D eigenvalue weighted by atomic mass is 35.5. The number of halogens is 1. The summed E-state index contributed by atoms with van der Waals surface area (Å²) in [5, 5.41) is 15.0. The molecule has 1 aromatic heterocycles. The standard InChI is InChI=1S/C18H31N5O.ClH/c1-12(2)14-4-6-15(7-5-14)20-18(24)17-13(3)23(22-21-17)16-8-10-19-11-9-16;/h12,14-16,19H,4-11H2,1-3H3,(H,20,24);1H. The van der Waals surface area contributed by atoms with E-state index in [0.717, 1.165) is 56.3 Å². The number of nitrogens with one attached hydrogen (secondary N) is 2. The molecule has 1 amide bonds. The molecular formula is C18H32ClN5O. The second-order valence-electron chi connectivity index (χ2n) is 7.78. The Hall–Kier alpha value is -1.14. The van der Waals surface area contributed by atoms with Crippen LogP contribution in [0.1, 0.15) is 74.6 Å². The summed E-state index contributed by atoms with van der Waals surface area (Å²) >= 11 is 0. The van der Waals surface area contributed by atoms with Gasteiger partial charge in [-0.05, 0) is 70.4 Å². The molecule has 2 fully saturated rings. The number of rotatable bonds is 4. The number of piperidine rings is 1. The van der Waals surface area contributed by atoms with Crippen molar-refractivity contribution in [2.45, 2.75) is 71.4 Å². The van der Waals surface area contributed by atoms with Crippen molar-refractivity contribution >= 4 is 18.3 Å². The zero-order valence-corrected chi connectivity index (χ0v) is 16.4. The highest BCUT2D eigenvalue weighted by molar-refractivity contribution is 5.93. The van der Waals surface area contributed by atoms with E-state index in [1.165, 1.54) is 12.8 Å². The molecule has 0 radical (unpaired) electrons. The van der Waals surface area contributed by atoms with Gasteiger partial charge in [-0.15, -0.1) is 17.5 Å². The minimum absolute atomic E-state index is 0. The van der Waals surface area contributed by atoms with Crippen LogP contribution in [-0.4, -0.2) is 40.0 Å². The van der Waals surface area contributed by atoms with Crippen molar-refractivity contribution in [2.24, 2.45) is 11.8 Å². The van der Waals surface area contributed by atoms with E-state index < -0.39 is 0 Å². The number of amides is 1. The van der Waals surface area contributed by atoms with Crippen LogP contribution in [0.25, 0.3) is 0 Å². The summed E-state index contributed by atoms with van der Waals surface area (Å²) in [6, 6.07) is 0.651. The minimum atomic E-state index is -0.0549. The highest BCUT2D eigenvalue weighted by Gasteiger charge is 2.27. The van der Waals surface area contributed by atoms with E-state index in [9.17, 15) is 4.79 Å². The molecule has 0 bridgehead atoms. The maximum Gasteiger partial charge on any atom is 0.273 e. The summed E-state index contributed by atoms with van der Waals surface area (Å²) in [5.41, 5.74) is 1.40. The highest BCUT2D eigenvalue weighted by Crippen LogP contribution is 2.30. The van der Waals surface area contributed by atoms with E-state index in [0.29, 0.717) is 11.7 Å². The van der Waals surface area contributed by atoms with Gasteiger partial charge in [0.05, 0.1) is 11.7 Å². The average Bonchev–Trinajstić information content (AvgIpc) is 2.98. The fourth-order valence-electron chi connectivity index (χ4n) is 4.13. The zero-order valence-electron chi connectivity index (χ0n) is 15.6. The predicted octanol–water partition coefficient (Wildman–Crippen LogP) is 2.88. The van der Waals surface area contributed by atoms with Crippen LogP contribution < -0.4 is 10.6 Å². The van der Waals surface area contributed by atoms with Crippen molar-refractivity contribution in [2.75, 3.05) is 13.1 Å². The fourth-order valence-corrected chi connectivity index (χ4v) is 4.13. The topological polar surface area (TPSA) is 71.8 Å². The van der Waals surface area contributed by atoms with E-state index in [-0.39, 0.29) is 24.4 Å². The van der Waals surface area contributed by atoms with Crippen molar-refractivity contribution in [3.63, 3.8) is 0 Å². The molecule has 2 aliphatic rings. The van der Waals surface area contributed by atoms with Gasteiger partial charge in [-0.25, -0.2) is 4.68 Å². The Morgan fingerprint density at radius 3 is 2.40 bits per heavy atom. The summed E-state index contributed by atoms with van der Waals surface area (Å²) < 4.78 is 1.95. The van der Waals surface area contributed by atoms with Gasteiger partial charge >= 0.3 is 0 Å². The average molecular weight is 370 g/mol. The first kappa shape index (κ1) is 20.2. The molecule has 0 atom stereocenters.